The molecule has 0 aliphatic carbocycles. The lowest BCUT2D eigenvalue weighted by molar-refractivity contribution is -0.133. The lowest BCUT2D eigenvalue weighted by Gasteiger charge is -2.34. The van der Waals surface area contributed by atoms with Crippen LogP contribution in [0.2, 0.25) is 0 Å². The second-order valence-corrected chi connectivity index (χ2v) is 6.80. The van der Waals surface area contributed by atoms with Gasteiger partial charge in [0.05, 0.1) is 12.9 Å². The molecule has 1 amide bonds. The molecular formula is C22H22N4O5. The summed E-state index contributed by atoms with van der Waals surface area (Å²) in [5.74, 6) is 2.16. The van der Waals surface area contributed by atoms with Gasteiger partial charge in [0.15, 0.2) is 23.9 Å². The topological polar surface area (TPSA) is 105 Å². The SMILES string of the molecule is CCOc1ccccc1OCC(=O)N1CCN(c2oc(-c3ccco3)nc2C#N)CC1. The van der Waals surface area contributed by atoms with E-state index in [1.54, 1.807) is 23.1 Å². The molecule has 0 bridgehead atoms. The Bertz CT molecular complexity index is 1060. The first-order valence-electron chi connectivity index (χ1n) is 10.0. The first-order chi connectivity index (χ1) is 15.2. The first-order valence-corrected chi connectivity index (χ1v) is 10.0. The van der Waals surface area contributed by atoms with Crippen molar-refractivity contribution in [3.8, 4) is 29.2 Å². The van der Waals surface area contributed by atoms with Gasteiger partial charge in [0.25, 0.3) is 11.8 Å². The average Bonchev–Trinajstić information content (AvgIpc) is 3.48. The number of furan rings is 1. The molecule has 31 heavy (non-hydrogen) atoms. The van der Waals surface area contributed by atoms with E-state index in [4.69, 9.17) is 18.3 Å². The summed E-state index contributed by atoms with van der Waals surface area (Å²) in [5.41, 5.74) is 0.196. The van der Waals surface area contributed by atoms with Gasteiger partial charge < -0.3 is 28.1 Å². The van der Waals surface area contributed by atoms with Crippen LogP contribution >= 0.6 is 0 Å². The number of anilines is 1. The second kappa shape index (κ2) is 9.26. The van der Waals surface area contributed by atoms with Crippen molar-refractivity contribution in [1.82, 2.24) is 9.88 Å². The Kier molecular flexibility index (Phi) is 6.08. The van der Waals surface area contributed by atoms with Gasteiger partial charge in [-0.15, -0.1) is 0 Å². The third-order valence-electron chi connectivity index (χ3n) is 4.87. The predicted octanol–water partition coefficient (Wildman–Crippen LogP) is 2.93. The van der Waals surface area contributed by atoms with Crippen LogP contribution in [-0.4, -0.2) is 55.2 Å². The Morgan fingerprint density at radius 1 is 1.13 bits per heavy atom. The van der Waals surface area contributed by atoms with Crippen molar-refractivity contribution in [2.45, 2.75) is 6.92 Å². The fraction of sp³-hybridized carbons (Fsp3) is 0.318. The van der Waals surface area contributed by atoms with Crippen molar-refractivity contribution in [1.29, 1.82) is 5.26 Å². The number of aromatic nitrogens is 1. The number of carbonyl (C=O) groups excluding carboxylic acids is 1. The van der Waals surface area contributed by atoms with Gasteiger partial charge in [-0.3, -0.25) is 4.79 Å². The highest BCUT2D eigenvalue weighted by atomic mass is 16.5. The maximum atomic E-state index is 12.6. The summed E-state index contributed by atoms with van der Waals surface area (Å²) in [5, 5.41) is 9.42. The molecule has 1 saturated heterocycles. The molecule has 0 radical (unpaired) electrons. The highest BCUT2D eigenvalue weighted by molar-refractivity contribution is 5.78. The van der Waals surface area contributed by atoms with E-state index < -0.39 is 0 Å². The summed E-state index contributed by atoms with van der Waals surface area (Å²) in [6, 6.07) is 12.8. The summed E-state index contributed by atoms with van der Waals surface area (Å²) in [6.07, 6.45) is 1.52. The summed E-state index contributed by atoms with van der Waals surface area (Å²) in [4.78, 5) is 20.5. The van der Waals surface area contributed by atoms with Gasteiger partial charge in [-0.25, -0.2) is 0 Å². The van der Waals surface area contributed by atoms with E-state index >= 15 is 0 Å². The Morgan fingerprint density at radius 2 is 1.87 bits per heavy atom. The van der Waals surface area contributed by atoms with Crippen LogP contribution in [0.15, 0.2) is 51.5 Å². The van der Waals surface area contributed by atoms with Crippen LogP contribution in [0, 0.1) is 11.3 Å². The van der Waals surface area contributed by atoms with Crippen molar-refractivity contribution >= 4 is 11.8 Å². The van der Waals surface area contributed by atoms with Gasteiger partial charge in [-0.05, 0) is 31.2 Å². The molecule has 1 fully saturated rings. The number of para-hydroxylation sites is 2. The number of rotatable bonds is 7. The van der Waals surface area contributed by atoms with Crippen molar-refractivity contribution < 1.29 is 23.1 Å². The number of hydrogen-bond acceptors (Lipinski definition) is 8. The normalized spacial score (nSPS) is 13.7. The van der Waals surface area contributed by atoms with Crippen LogP contribution in [-0.2, 0) is 4.79 Å². The minimum Gasteiger partial charge on any atom is -0.490 e. The second-order valence-electron chi connectivity index (χ2n) is 6.80. The van der Waals surface area contributed by atoms with E-state index in [1.165, 1.54) is 6.26 Å². The molecule has 160 valence electrons. The van der Waals surface area contributed by atoms with E-state index in [0.717, 1.165) is 0 Å². The third kappa shape index (κ3) is 4.48. The van der Waals surface area contributed by atoms with Gasteiger partial charge >= 0.3 is 0 Å². The van der Waals surface area contributed by atoms with Gasteiger partial charge in [0.2, 0.25) is 11.6 Å². The minimum atomic E-state index is -0.111. The van der Waals surface area contributed by atoms with Gasteiger partial charge in [0.1, 0.15) is 6.07 Å². The number of nitriles is 1. The molecule has 9 heteroatoms. The molecule has 4 rings (SSSR count). The van der Waals surface area contributed by atoms with E-state index in [0.29, 0.717) is 55.9 Å². The van der Waals surface area contributed by atoms with E-state index in [-0.39, 0.29) is 24.1 Å². The number of amides is 1. The number of hydrogen-bond donors (Lipinski definition) is 0. The number of ether oxygens (including phenoxy) is 2. The Morgan fingerprint density at radius 3 is 2.52 bits per heavy atom. The lowest BCUT2D eigenvalue weighted by Crippen LogP contribution is -2.50. The number of benzene rings is 1. The van der Waals surface area contributed by atoms with Crippen molar-refractivity contribution in [2.75, 3.05) is 44.3 Å². The zero-order valence-electron chi connectivity index (χ0n) is 17.1. The molecule has 1 aliphatic heterocycles. The van der Waals surface area contributed by atoms with Crippen LogP contribution in [0.25, 0.3) is 11.7 Å². The molecule has 3 heterocycles. The van der Waals surface area contributed by atoms with Crippen molar-refractivity contribution in [3.05, 3.63) is 48.4 Å². The minimum absolute atomic E-state index is 0.0709. The standard InChI is InChI=1S/C22H22N4O5/c1-2-28-17-6-3-4-7-18(17)30-15-20(27)25-9-11-26(12-10-25)22-16(14-23)24-21(31-22)19-8-5-13-29-19/h3-8,13H,2,9-12,15H2,1H3. The number of carbonyl (C=O) groups is 1. The van der Waals surface area contributed by atoms with Crippen LogP contribution in [0.5, 0.6) is 11.5 Å². The molecule has 1 aliphatic rings. The maximum absolute atomic E-state index is 12.6. The fourth-order valence-corrected chi connectivity index (χ4v) is 3.34. The molecule has 3 aromatic rings. The molecule has 1 aromatic carbocycles. The van der Waals surface area contributed by atoms with E-state index in [1.807, 2.05) is 30.0 Å². The third-order valence-corrected chi connectivity index (χ3v) is 4.87. The van der Waals surface area contributed by atoms with Crippen LogP contribution in [0.1, 0.15) is 12.6 Å². The molecule has 0 unspecified atom stereocenters. The molecule has 0 saturated carbocycles. The number of oxazole rings is 1. The monoisotopic (exact) mass is 422 g/mol. The molecule has 0 N–H and O–H groups in total. The highest BCUT2D eigenvalue weighted by Gasteiger charge is 2.27. The quantitative estimate of drug-likeness (QED) is 0.572. The summed E-state index contributed by atoms with van der Waals surface area (Å²) in [6.45, 7) is 4.34. The largest absolute Gasteiger partial charge is 0.490 e. The molecule has 0 spiro atoms. The Hall–Kier alpha value is -3.93. The van der Waals surface area contributed by atoms with Gasteiger partial charge in [-0.1, -0.05) is 12.1 Å². The van der Waals surface area contributed by atoms with Gasteiger partial charge in [-0.2, -0.15) is 10.2 Å². The fourth-order valence-electron chi connectivity index (χ4n) is 3.34. The molecule has 2 aromatic heterocycles. The zero-order chi connectivity index (χ0) is 21.6. The molecular weight excluding hydrogens is 400 g/mol. The Balaban J connectivity index is 1.35. The first kappa shape index (κ1) is 20.3. The highest BCUT2D eigenvalue weighted by Crippen LogP contribution is 2.29. The van der Waals surface area contributed by atoms with E-state index in [9.17, 15) is 10.1 Å². The predicted molar refractivity (Wildman–Crippen MR) is 111 cm³/mol. The van der Waals surface area contributed by atoms with Crippen molar-refractivity contribution in [3.63, 3.8) is 0 Å². The summed E-state index contributed by atoms with van der Waals surface area (Å²) in [7, 11) is 0. The van der Waals surface area contributed by atoms with E-state index in [2.05, 4.69) is 11.1 Å². The van der Waals surface area contributed by atoms with Gasteiger partial charge in [0, 0.05) is 26.2 Å². The number of nitrogens with zero attached hydrogens (tertiary/aromatic N) is 4. The lowest BCUT2D eigenvalue weighted by atomic mass is 10.3. The van der Waals surface area contributed by atoms with Crippen molar-refractivity contribution in [2.24, 2.45) is 0 Å². The smallest absolute Gasteiger partial charge is 0.266 e. The maximum Gasteiger partial charge on any atom is 0.266 e. The van der Waals surface area contributed by atoms with Crippen LogP contribution in [0.3, 0.4) is 0 Å². The molecule has 9 nitrogen and oxygen atoms in total. The average molecular weight is 422 g/mol. The molecule has 0 atom stereocenters. The Labute approximate surface area is 179 Å². The zero-order valence-corrected chi connectivity index (χ0v) is 17.1. The summed E-state index contributed by atoms with van der Waals surface area (Å²) < 4.78 is 22.3. The van der Waals surface area contributed by atoms with Crippen LogP contribution in [0.4, 0.5) is 5.88 Å². The van der Waals surface area contributed by atoms with Crippen LogP contribution < -0.4 is 14.4 Å². The summed E-state index contributed by atoms with van der Waals surface area (Å²) >= 11 is 0. The number of piperazine rings is 1.